The Morgan fingerprint density at radius 3 is 2.41 bits per heavy atom. The van der Waals surface area contributed by atoms with E-state index >= 15 is 0 Å². The normalized spacial score (nSPS) is 12.0. The maximum atomic E-state index is 13.3. The monoisotopic (exact) mass is 449 g/mol. The van der Waals surface area contributed by atoms with Gasteiger partial charge in [0.25, 0.3) is 11.5 Å². The summed E-state index contributed by atoms with van der Waals surface area (Å²) < 4.78 is 3.08. The molecule has 0 saturated heterocycles. The van der Waals surface area contributed by atoms with E-state index in [1.165, 1.54) is 10.5 Å². The molecule has 2 aromatic carbocycles. The smallest absolute Gasteiger partial charge is 0.267 e. The zero-order valence-corrected chi connectivity index (χ0v) is 18.6. The molecule has 3 aromatic heterocycles. The SMILES string of the molecule is CC(NC(=O)c1cc2c(=O)n3ccccc3nc2n(Cc2ccccc2)c1=N)c1ccccc1. The van der Waals surface area contributed by atoms with Crippen LogP contribution in [0.2, 0.25) is 0 Å². The number of aromatic nitrogens is 3. The molecular weight excluding hydrogens is 426 g/mol. The third-order valence-corrected chi connectivity index (χ3v) is 5.89. The van der Waals surface area contributed by atoms with Gasteiger partial charge in [-0.2, -0.15) is 0 Å². The lowest BCUT2D eigenvalue weighted by Gasteiger charge is -2.17. The number of nitrogens with zero attached hydrogens (tertiary/aromatic N) is 3. The van der Waals surface area contributed by atoms with Crippen LogP contribution in [-0.4, -0.2) is 19.9 Å². The number of rotatable bonds is 5. The van der Waals surface area contributed by atoms with E-state index in [2.05, 4.69) is 10.3 Å². The number of carbonyl (C=O) groups is 1. The highest BCUT2D eigenvalue weighted by atomic mass is 16.2. The molecule has 0 aliphatic carbocycles. The van der Waals surface area contributed by atoms with Crippen molar-refractivity contribution in [3.8, 4) is 0 Å². The van der Waals surface area contributed by atoms with Crippen LogP contribution in [0.1, 0.15) is 34.5 Å². The number of fused-ring (bicyclic) bond motifs is 2. The summed E-state index contributed by atoms with van der Waals surface area (Å²) >= 11 is 0. The number of amides is 1. The number of benzene rings is 2. The molecule has 34 heavy (non-hydrogen) atoms. The van der Waals surface area contributed by atoms with Gasteiger partial charge in [-0.05, 0) is 36.2 Å². The Bertz CT molecular complexity index is 1620. The molecule has 5 aromatic rings. The van der Waals surface area contributed by atoms with Crippen LogP contribution in [0, 0.1) is 5.41 Å². The highest BCUT2D eigenvalue weighted by molar-refractivity contribution is 5.97. The van der Waals surface area contributed by atoms with Crippen LogP contribution in [0.25, 0.3) is 16.7 Å². The molecule has 0 radical (unpaired) electrons. The van der Waals surface area contributed by atoms with Gasteiger partial charge in [-0.3, -0.25) is 19.4 Å². The van der Waals surface area contributed by atoms with Crippen LogP contribution < -0.4 is 16.4 Å². The second kappa shape index (κ2) is 8.78. The van der Waals surface area contributed by atoms with Crippen LogP contribution in [0.3, 0.4) is 0 Å². The molecule has 1 amide bonds. The molecule has 5 rings (SSSR count). The standard InChI is InChI=1S/C27H23N5O2/c1-18(20-12-6-3-7-13-20)29-26(33)21-16-22-25(30-23-14-8-9-15-31(23)27(22)34)32(24(21)28)17-19-10-4-2-5-11-19/h2-16,18,28H,17H2,1H3,(H,29,33). The van der Waals surface area contributed by atoms with E-state index in [1.807, 2.05) is 73.7 Å². The predicted octanol–water partition coefficient (Wildman–Crippen LogP) is 3.67. The van der Waals surface area contributed by atoms with Gasteiger partial charge in [-0.1, -0.05) is 66.7 Å². The van der Waals surface area contributed by atoms with Crippen molar-refractivity contribution in [1.29, 1.82) is 5.41 Å². The van der Waals surface area contributed by atoms with Crippen molar-refractivity contribution < 1.29 is 4.79 Å². The minimum Gasteiger partial charge on any atom is -0.345 e. The summed E-state index contributed by atoms with van der Waals surface area (Å²) in [5.74, 6) is -0.414. The first-order valence-corrected chi connectivity index (χ1v) is 11.0. The van der Waals surface area contributed by atoms with Crippen LogP contribution in [0.4, 0.5) is 0 Å². The van der Waals surface area contributed by atoms with Crippen LogP contribution in [0.15, 0.2) is 95.9 Å². The first kappa shape index (κ1) is 21.3. The Morgan fingerprint density at radius 1 is 1.00 bits per heavy atom. The van der Waals surface area contributed by atoms with E-state index in [1.54, 1.807) is 22.9 Å². The predicted molar refractivity (Wildman–Crippen MR) is 131 cm³/mol. The highest BCUT2D eigenvalue weighted by Gasteiger charge is 2.19. The molecular formula is C27H23N5O2. The number of hydrogen-bond acceptors (Lipinski definition) is 4. The molecule has 0 saturated carbocycles. The van der Waals surface area contributed by atoms with Crippen LogP contribution >= 0.6 is 0 Å². The lowest BCUT2D eigenvalue weighted by atomic mass is 10.1. The van der Waals surface area contributed by atoms with Crippen molar-refractivity contribution >= 4 is 22.6 Å². The van der Waals surface area contributed by atoms with E-state index in [4.69, 9.17) is 5.41 Å². The van der Waals surface area contributed by atoms with Crippen molar-refractivity contribution in [1.82, 2.24) is 19.3 Å². The van der Waals surface area contributed by atoms with Gasteiger partial charge < -0.3 is 9.88 Å². The minimum absolute atomic E-state index is 0.00120. The number of nitrogens with one attached hydrogen (secondary N) is 2. The van der Waals surface area contributed by atoms with Gasteiger partial charge in [0, 0.05) is 6.20 Å². The third-order valence-electron chi connectivity index (χ3n) is 5.89. The molecule has 0 bridgehead atoms. The topological polar surface area (TPSA) is 92.2 Å². The number of pyridine rings is 2. The molecule has 0 spiro atoms. The summed E-state index contributed by atoms with van der Waals surface area (Å²) in [5, 5.41) is 12.1. The van der Waals surface area contributed by atoms with Crippen molar-refractivity contribution in [2.75, 3.05) is 0 Å². The summed E-state index contributed by atoms with van der Waals surface area (Å²) in [4.78, 5) is 31.3. The Hall–Kier alpha value is -4.52. The second-order valence-corrected chi connectivity index (χ2v) is 8.17. The molecule has 0 fully saturated rings. The van der Waals surface area contributed by atoms with Gasteiger partial charge in [0.05, 0.1) is 23.5 Å². The molecule has 7 nitrogen and oxygen atoms in total. The van der Waals surface area contributed by atoms with Crippen molar-refractivity contribution in [3.05, 3.63) is 124 Å². The highest BCUT2D eigenvalue weighted by Crippen LogP contribution is 2.15. The van der Waals surface area contributed by atoms with Gasteiger partial charge in [-0.15, -0.1) is 0 Å². The maximum absolute atomic E-state index is 13.3. The van der Waals surface area contributed by atoms with E-state index in [0.717, 1.165) is 11.1 Å². The van der Waals surface area contributed by atoms with Gasteiger partial charge in [0.2, 0.25) is 0 Å². The molecule has 0 aliphatic rings. The fourth-order valence-corrected chi connectivity index (χ4v) is 4.08. The molecule has 1 atom stereocenters. The van der Waals surface area contributed by atoms with Crippen LogP contribution in [-0.2, 0) is 6.54 Å². The minimum atomic E-state index is -0.414. The molecule has 0 aliphatic heterocycles. The summed E-state index contributed by atoms with van der Waals surface area (Å²) in [6, 6.07) is 25.8. The van der Waals surface area contributed by atoms with Gasteiger partial charge in [0.1, 0.15) is 16.8 Å². The first-order valence-electron chi connectivity index (χ1n) is 11.0. The molecule has 7 heteroatoms. The first-order chi connectivity index (χ1) is 16.5. The van der Waals surface area contributed by atoms with Crippen molar-refractivity contribution in [2.24, 2.45) is 0 Å². The van der Waals surface area contributed by atoms with Gasteiger partial charge in [0.15, 0.2) is 0 Å². The molecule has 168 valence electrons. The Labute approximate surface area is 195 Å². The Balaban J connectivity index is 1.69. The van der Waals surface area contributed by atoms with Gasteiger partial charge >= 0.3 is 0 Å². The van der Waals surface area contributed by atoms with E-state index in [9.17, 15) is 9.59 Å². The molecule has 2 N–H and O–H groups in total. The average Bonchev–Trinajstić information content (AvgIpc) is 2.87. The van der Waals surface area contributed by atoms with E-state index < -0.39 is 5.91 Å². The molecule has 3 heterocycles. The summed E-state index contributed by atoms with van der Waals surface area (Å²) in [6.07, 6.45) is 1.65. The molecule has 1 unspecified atom stereocenters. The zero-order chi connectivity index (χ0) is 23.7. The van der Waals surface area contributed by atoms with E-state index in [-0.39, 0.29) is 28.0 Å². The summed E-state index contributed by atoms with van der Waals surface area (Å²) in [5.41, 5.74) is 2.59. The largest absolute Gasteiger partial charge is 0.345 e. The lowest BCUT2D eigenvalue weighted by molar-refractivity contribution is 0.0937. The quantitative estimate of drug-likeness (QED) is 0.401. The van der Waals surface area contributed by atoms with Crippen molar-refractivity contribution in [3.63, 3.8) is 0 Å². The Morgan fingerprint density at radius 2 is 1.68 bits per heavy atom. The Kier molecular flexibility index (Phi) is 5.51. The van der Waals surface area contributed by atoms with Gasteiger partial charge in [-0.25, -0.2) is 4.98 Å². The van der Waals surface area contributed by atoms with E-state index in [0.29, 0.717) is 17.8 Å². The fraction of sp³-hybridized carbons (Fsp3) is 0.111. The fourth-order valence-electron chi connectivity index (χ4n) is 4.08. The maximum Gasteiger partial charge on any atom is 0.267 e. The van der Waals surface area contributed by atoms with Crippen molar-refractivity contribution in [2.45, 2.75) is 19.5 Å². The summed E-state index contributed by atoms with van der Waals surface area (Å²) in [6.45, 7) is 2.20. The number of hydrogen-bond donors (Lipinski definition) is 2. The lowest BCUT2D eigenvalue weighted by Crippen LogP contribution is -2.36. The second-order valence-electron chi connectivity index (χ2n) is 8.17. The number of carbonyl (C=O) groups excluding carboxylic acids is 1. The van der Waals surface area contributed by atoms with Crippen LogP contribution in [0.5, 0.6) is 0 Å². The summed E-state index contributed by atoms with van der Waals surface area (Å²) in [7, 11) is 0. The average molecular weight is 450 g/mol. The zero-order valence-electron chi connectivity index (χ0n) is 18.6. The third kappa shape index (κ3) is 3.88.